The van der Waals surface area contributed by atoms with Crippen molar-refractivity contribution in [1.82, 2.24) is 0 Å². The second kappa shape index (κ2) is 8.00. The van der Waals surface area contributed by atoms with Gasteiger partial charge < -0.3 is 4.74 Å². The molecule has 0 N–H and O–H groups in total. The molecule has 0 aliphatic heterocycles. The van der Waals surface area contributed by atoms with Gasteiger partial charge in [0, 0.05) is 5.56 Å². The number of hydrogen-bond acceptors (Lipinski definition) is 1. The van der Waals surface area contributed by atoms with E-state index in [0.29, 0.717) is 18.1 Å². The predicted molar refractivity (Wildman–Crippen MR) is 105 cm³/mol. The molecule has 27 heavy (non-hydrogen) atoms. The summed E-state index contributed by atoms with van der Waals surface area (Å²) in [4.78, 5) is 0. The van der Waals surface area contributed by atoms with Crippen LogP contribution in [0.15, 0.2) is 36.4 Å². The van der Waals surface area contributed by atoms with Crippen molar-refractivity contribution in [1.29, 1.82) is 0 Å². The van der Waals surface area contributed by atoms with Crippen LogP contribution in [0, 0.1) is 23.5 Å². The fourth-order valence-corrected chi connectivity index (χ4v) is 4.51. The first kappa shape index (κ1) is 18.5. The average Bonchev–Trinajstić information content (AvgIpc) is 3.51. The summed E-state index contributed by atoms with van der Waals surface area (Å²) in [6.45, 7) is 2.07. The number of ether oxygens (including phenoxy) is 1. The fraction of sp³-hybridized carbons (Fsp3) is 0.500. The highest BCUT2D eigenvalue weighted by molar-refractivity contribution is 5.65. The summed E-state index contributed by atoms with van der Waals surface area (Å²) in [5, 5.41) is 0. The van der Waals surface area contributed by atoms with Crippen LogP contribution in [0.25, 0.3) is 11.1 Å². The van der Waals surface area contributed by atoms with Gasteiger partial charge in [-0.3, -0.25) is 0 Å². The van der Waals surface area contributed by atoms with Crippen molar-refractivity contribution < 1.29 is 13.5 Å². The van der Waals surface area contributed by atoms with Crippen molar-refractivity contribution in [2.45, 2.75) is 57.8 Å². The van der Waals surface area contributed by atoms with Crippen LogP contribution in [0.5, 0.6) is 5.75 Å². The van der Waals surface area contributed by atoms with Gasteiger partial charge in [0.05, 0.1) is 6.61 Å². The molecule has 3 heteroatoms. The van der Waals surface area contributed by atoms with Crippen molar-refractivity contribution in [3.63, 3.8) is 0 Å². The van der Waals surface area contributed by atoms with E-state index in [1.165, 1.54) is 56.6 Å². The van der Waals surface area contributed by atoms with Gasteiger partial charge in [-0.1, -0.05) is 37.1 Å². The zero-order valence-electron chi connectivity index (χ0n) is 16.0. The Kier molecular flexibility index (Phi) is 5.47. The van der Waals surface area contributed by atoms with Crippen LogP contribution in [-0.4, -0.2) is 6.61 Å². The van der Waals surface area contributed by atoms with E-state index >= 15 is 0 Å². The van der Waals surface area contributed by atoms with Gasteiger partial charge in [-0.15, -0.1) is 0 Å². The predicted octanol–water partition coefficient (Wildman–Crippen LogP) is 7.10. The van der Waals surface area contributed by atoms with E-state index in [1.54, 1.807) is 13.0 Å². The maximum absolute atomic E-state index is 14.4. The van der Waals surface area contributed by atoms with Crippen LogP contribution >= 0.6 is 0 Å². The highest BCUT2D eigenvalue weighted by Crippen LogP contribution is 2.43. The van der Waals surface area contributed by atoms with Gasteiger partial charge in [-0.05, 0) is 80.0 Å². The minimum Gasteiger partial charge on any atom is -0.491 e. The molecule has 0 atom stereocenters. The standard InChI is InChI=1S/C24H28F2O/c1-2-27-22-14-13-21(23(25)24(22)26)20-11-9-19(10-12-20)18-7-5-17(6-8-18)15-16-3-4-16/h9-14,16-18H,2-8,15H2,1H3. The number of halogens is 2. The lowest BCUT2D eigenvalue weighted by Crippen LogP contribution is -2.13. The lowest BCUT2D eigenvalue weighted by Gasteiger charge is -2.29. The summed E-state index contributed by atoms with van der Waals surface area (Å²) in [7, 11) is 0. The maximum Gasteiger partial charge on any atom is 0.201 e. The first-order chi connectivity index (χ1) is 13.2. The third kappa shape index (κ3) is 4.17. The van der Waals surface area contributed by atoms with E-state index in [-0.39, 0.29) is 11.3 Å². The van der Waals surface area contributed by atoms with Gasteiger partial charge in [-0.2, -0.15) is 4.39 Å². The third-order valence-corrected chi connectivity index (χ3v) is 6.25. The molecular weight excluding hydrogens is 342 g/mol. The summed E-state index contributed by atoms with van der Waals surface area (Å²) in [6.07, 6.45) is 9.51. The van der Waals surface area contributed by atoms with E-state index in [9.17, 15) is 8.78 Å². The van der Waals surface area contributed by atoms with Gasteiger partial charge in [0.25, 0.3) is 0 Å². The van der Waals surface area contributed by atoms with Crippen molar-refractivity contribution in [2.24, 2.45) is 11.8 Å². The second-order valence-corrected chi connectivity index (χ2v) is 8.19. The minimum atomic E-state index is -0.910. The van der Waals surface area contributed by atoms with Crippen molar-refractivity contribution in [3.05, 3.63) is 53.6 Å². The lowest BCUT2D eigenvalue weighted by atomic mass is 9.77. The van der Waals surface area contributed by atoms with E-state index in [0.717, 1.165) is 11.8 Å². The molecule has 1 nitrogen and oxygen atoms in total. The van der Waals surface area contributed by atoms with Crippen LogP contribution in [0.3, 0.4) is 0 Å². The molecule has 2 aromatic carbocycles. The number of rotatable bonds is 6. The quantitative estimate of drug-likeness (QED) is 0.527. The highest BCUT2D eigenvalue weighted by atomic mass is 19.2. The summed E-state index contributed by atoms with van der Waals surface area (Å²) < 4.78 is 33.7. The fourth-order valence-electron chi connectivity index (χ4n) is 4.51. The molecule has 144 valence electrons. The van der Waals surface area contributed by atoms with Crippen LogP contribution in [0.1, 0.15) is 63.4 Å². The smallest absolute Gasteiger partial charge is 0.201 e. The monoisotopic (exact) mass is 370 g/mol. The molecule has 0 heterocycles. The number of hydrogen-bond donors (Lipinski definition) is 0. The molecule has 2 aliphatic carbocycles. The number of benzene rings is 2. The zero-order valence-corrected chi connectivity index (χ0v) is 16.0. The van der Waals surface area contributed by atoms with Gasteiger partial charge in [0.2, 0.25) is 5.82 Å². The van der Waals surface area contributed by atoms with E-state index in [4.69, 9.17) is 4.74 Å². The minimum absolute atomic E-state index is 0.0293. The van der Waals surface area contributed by atoms with Crippen LogP contribution in [0.4, 0.5) is 8.78 Å². The van der Waals surface area contributed by atoms with Gasteiger partial charge in [-0.25, -0.2) is 4.39 Å². The first-order valence-corrected chi connectivity index (χ1v) is 10.4. The summed E-state index contributed by atoms with van der Waals surface area (Å²) >= 11 is 0. The molecule has 0 unspecified atom stereocenters. The maximum atomic E-state index is 14.4. The Morgan fingerprint density at radius 3 is 2.04 bits per heavy atom. The molecule has 0 spiro atoms. The molecule has 4 rings (SSSR count). The Hall–Kier alpha value is -1.90. The van der Waals surface area contributed by atoms with Gasteiger partial charge in [0.1, 0.15) is 0 Å². The Balaban J connectivity index is 1.44. The van der Waals surface area contributed by atoms with E-state index in [2.05, 4.69) is 12.1 Å². The summed E-state index contributed by atoms with van der Waals surface area (Å²) in [5.41, 5.74) is 2.33. The van der Waals surface area contributed by atoms with Crippen molar-refractivity contribution >= 4 is 0 Å². The molecule has 0 amide bonds. The Bertz CT molecular complexity index is 772. The van der Waals surface area contributed by atoms with Crippen LogP contribution < -0.4 is 4.74 Å². The van der Waals surface area contributed by atoms with Gasteiger partial charge in [0.15, 0.2) is 11.6 Å². The highest BCUT2D eigenvalue weighted by Gasteiger charge is 2.29. The molecule has 2 saturated carbocycles. The molecule has 2 aliphatic rings. The molecule has 0 radical (unpaired) electrons. The molecule has 2 fully saturated rings. The van der Waals surface area contributed by atoms with Crippen LogP contribution in [0.2, 0.25) is 0 Å². The molecular formula is C24H28F2O. The Labute approximate surface area is 160 Å². The zero-order chi connectivity index (χ0) is 18.8. The Morgan fingerprint density at radius 2 is 1.44 bits per heavy atom. The van der Waals surface area contributed by atoms with Crippen molar-refractivity contribution in [3.8, 4) is 16.9 Å². The molecule has 0 bridgehead atoms. The van der Waals surface area contributed by atoms with E-state index < -0.39 is 11.6 Å². The lowest BCUT2D eigenvalue weighted by molar-refractivity contribution is 0.299. The summed E-state index contributed by atoms with van der Waals surface area (Å²) in [6, 6.07) is 11.1. The largest absolute Gasteiger partial charge is 0.491 e. The first-order valence-electron chi connectivity index (χ1n) is 10.4. The molecule has 0 aromatic heterocycles. The normalized spacial score (nSPS) is 22.6. The van der Waals surface area contributed by atoms with Crippen LogP contribution in [-0.2, 0) is 0 Å². The average molecular weight is 370 g/mol. The second-order valence-electron chi connectivity index (χ2n) is 8.19. The van der Waals surface area contributed by atoms with Gasteiger partial charge >= 0.3 is 0 Å². The molecule has 2 aromatic rings. The SMILES string of the molecule is CCOc1ccc(-c2ccc(C3CCC(CC4CC4)CC3)cc2)c(F)c1F. The Morgan fingerprint density at radius 1 is 0.815 bits per heavy atom. The van der Waals surface area contributed by atoms with E-state index in [1.807, 2.05) is 12.1 Å². The summed E-state index contributed by atoms with van der Waals surface area (Å²) in [5.74, 6) is 0.778. The third-order valence-electron chi connectivity index (χ3n) is 6.25. The topological polar surface area (TPSA) is 9.23 Å². The molecule has 0 saturated heterocycles. The van der Waals surface area contributed by atoms with Crippen molar-refractivity contribution in [2.75, 3.05) is 6.61 Å².